The van der Waals surface area contributed by atoms with Crippen molar-refractivity contribution in [2.24, 2.45) is 16.5 Å². The van der Waals surface area contributed by atoms with Crippen molar-refractivity contribution in [2.45, 2.75) is 19.5 Å². The largest absolute Gasteiger partial charge is 0.357 e. The lowest BCUT2D eigenvalue weighted by Gasteiger charge is -2.21. The third-order valence-corrected chi connectivity index (χ3v) is 3.10. The van der Waals surface area contributed by atoms with Crippen molar-refractivity contribution < 1.29 is 4.58 Å². The van der Waals surface area contributed by atoms with Gasteiger partial charge in [0, 0.05) is 4.47 Å². The number of nitrogens with zero attached hydrogens (tertiary/aromatic N) is 2. The Morgan fingerprint density at radius 3 is 2.59 bits per heavy atom. The van der Waals surface area contributed by atoms with Crippen LogP contribution in [0.1, 0.15) is 13.3 Å². The average Bonchev–Trinajstić information content (AvgIpc) is 2.30. The highest BCUT2D eigenvalue weighted by molar-refractivity contribution is 9.10. The van der Waals surface area contributed by atoms with E-state index in [2.05, 4.69) is 26.2 Å². The van der Waals surface area contributed by atoms with Crippen LogP contribution >= 0.6 is 15.9 Å². The highest BCUT2D eigenvalue weighted by Crippen LogP contribution is 2.20. The molecule has 1 aromatic carbocycles. The standard InChI is InChI=1S/C11H14BrN5/c1-2-9-15-10(13)16-11(14)17(9)8-5-3-7(12)4-6-8/h3-6,9H,2H2,1H3,(H4,13,14,15,16)/p+1. The first-order valence-corrected chi connectivity index (χ1v) is 6.18. The molecule has 5 N–H and O–H groups in total. The third kappa shape index (κ3) is 2.41. The number of hydrogen-bond acceptors (Lipinski definition) is 4. The fraction of sp³-hybridized carbons (Fsp3) is 0.273. The summed E-state index contributed by atoms with van der Waals surface area (Å²) < 4.78 is 2.96. The molecule has 1 aliphatic rings. The van der Waals surface area contributed by atoms with Gasteiger partial charge in [-0.05, 0) is 30.7 Å². The molecule has 17 heavy (non-hydrogen) atoms. The molecule has 5 nitrogen and oxygen atoms in total. The van der Waals surface area contributed by atoms with Crippen LogP contribution in [0.25, 0.3) is 0 Å². The first-order chi connectivity index (χ1) is 8.11. The average molecular weight is 297 g/mol. The Labute approximate surface area is 108 Å². The van der Waals surface area contributed by atoms with Gasteiger partial charge in [0.25, 0.3) is 5.96 Å². The Hall–Kier alpha value is -1.56. The fourth-order valence-corrected chi connectivity index (χ4v) is 2.05. The summed E-state index contributed by atoms with van der Waals surface area (Å²) in [4.78, 5) is 4.33. The summed E-state index contributed by atoms with van der Waals surface area (Å²) in [5, 5.41) is 2.84. The Kier molecular flexibility index (Phi) is 3.33. The third-order valence-electron chi connectivity index (χ3n) is 2.57. The number of rotatable bonds is 2. The van der Waals surface area contributed by atoms with E-state index in [1.165, 1.54) is 0 Å². The van der Waals surface area contributed by atoms with Crippen molar-refractivity contribution in [3.8, 4) is 0 Å². The van der Waals surface area contributed by atoms with Gasteiger partial charge in [0.05, 0.1) is 0 Å². The SMILES string of the molecule is CCC1N=C(N)NC(N)=[N+]1c1ccc(Br)cc1. The number of hydrogen-bond donors (Lipinski definition) is 3. The summed E-state index contributed by atoms with van der Waals surface area (Å²) in [6, 6.07) is 7.91. The predicted octanol–water partition coefficient (Wildman–Crippen LogP) is 1.06. The minimum absolute atomic E-state index is 0.0579. The summed E-state index contributed by atoms with van der Waals surface area (Å²) in [6.45, 7) is 2.05. The number of halogens is 1. The molecule has 1 atom stereocenters. The summed E-state index contributed by atoms with van der Waals surface area (Å²) in [5.74, 6) is 0.870. The number of benzene rings is 1. The first kappa shape index (κ1) is 11.9. The Morgan fingerprint density at radius 2 is 2.00 bits per heavy atom. The van der Waals surface area contributed by atoms with E-state index in [0.717, 1.165) is 16.6 Å². The van der Waals surface area contributed by atoms with Gasteiger partial charge in [-0.1, -0.05) is 22.9 Å². The molecule has 0 aliphatic carbocycles. The molecule has 0 radical (unpaired) electrons. The Morgan fingerprint density at radius 1 is 1.35 bits per heavy atom. The number of nitrogens with two attached hydrogens (primary N) is 2. The molecule has 0 spiro atoms. The molecular formula is C11H15BrN5+. The second kappa shape index (κ2) is 4.75. The van der Waals surface area contributed by atoms with Crippen LogP contribution in [0.2, 0.25) is 0 Å². The van der Waals surface area contributed by atoms with Gasteiger partial charge in [-0.25, -0.2) is 9.89 Å². The van der Waals surface area contributed by atoms with Crippen LogP contribution in [0.15, 0.2) is 33.7 Å². The number of nitrogens with one attached hydrogen (secondary N) is 1. The minimum Gasteiger partial charge on any atom is -0.357 e. The van der Waals surface area contributed by atoms with Crippen molar-refractivity contribution >= 4 is 33.5 Å². The van der Waals surface area contributed by atoms with Crippen LogP contribution in [0.4, 0.5) is 5.69 Å². The molecule has 1 heterocycles. The lowest BCUT2D eigenvalue weighted by atomic mass is 10.2. The minimum atomic E-state index is -0.0579. The molecule has 0 aromatic heterocycles. The smallest absolute Gasteiger partial charge is 0.357 e. The van der Waals surface area contributed by atoms with Crippen molar-refractivity contribution in [1.82, 2.24) is 5.32 Å². The van der Waals surface area contributed by atoms with Gasteiger partial charge in [-0.3, -0.25) is 5.73 Å². The molecule has 0 saturated heterocycles. The quantitative estimate of drug-likeness (QED) is 0.714. The van der Waals surface area contributed by atoms with Gasteiger partial charge in [-0.15, -0.1) is 0 Å². The predicted molar refractivity (Wildman–Crippen MR) is 72.1 cm³/mol. The maximum atomic E-state index is 5.96. The van der Waals surface area contributed by atoms with E-state index in [9.17, 15) is 0 Å². The van der Waals surface area contributed by atoms with E-state index in [-0.39, 0.29) is 6.17 Å². The van der Waals surface area contributed by atoms with Gasteiger partial charge in [-0.2, -0.15) is 4.99 Å². The zero-order chi connectivity index (χ0) is 12.4. The van der Waals surface area contributed by atoms with Crippen molar-refractivity contribution in [3.63, 3.8) is 0 Å². The molecule has 0 saturated carbocycles. The lowest BCUT2D eigenvalue weighted by Crippen LogP contribution is -2.52. The zero-order valence-electron chi connectivity index (χ0n) is 9.52. The summed E-state index contributed by atoms with van der Waals surface area (Å²) in [5.41, 5.74) is 12.6. The van der Waals surface area contributed by atoms with Crippen molar-refractivity contribution in [2.75, 3.05) is 0 Å². The van der Waals surface area contributed by atoms with E-state index in [1.807, 2.05) is 35.8 Å². The van der Waals surface area contributed by atoms with Crippen LogP contribution < -0.4 is 16.8 Å². The molecule has 1 aliphatic heterocycles. The molecule has 1 unspecified atom stereocenters. The van der Waals surface area contributed by atoms with E-state index in [1.54, 1.807) is 0 Å². The van der Waals surface area contributed by atoms with Crippen LogP contribution in [-0.2, 0) is 0 Å². The second-order valence-corrected chi connectivity index (χ2v) is 4.68. The summed E-state index contributed by atoms with van der Waals surface area (Å²) >= 11 is 3.41. The molecule has 0 fully saturated rings. The summed E-state index contributed by atoms with van der Waals surface area (Å²) in [6.07, 6.45) is 0.775. The maximum absolute atomic E-state index is 5.96. The van der Waals surface area contributed by atoms with E-state index in [4.69, 9.17) is 11.5 Å². The normalized spacial score (nSPS) is 19.9. The van der Waals surface area contributed by atoms with E-state index < -0.39 is 0 Å². The van der Waals surface area contributed by atoms with Gasteiger partial charge in [0.1, 0.15) is 5.69 Å². The number of guanidine groups is 2. The monoisotopic (exact) mass is 296 g/mol. The lowest BCUT2D eigenvalue weighted by molar-refractivity contribution is -0.488. The molecule has 2 rings (SSSR count). The number of aliphatic imine (C=N–C) groups is 1. The van der Waals surface area contributed by atoms with E-state index in [0.29, 0.717) is 11.9 Å². The van der Waals surface area contributed by atoms with Crippen molar-refractivity contribution in [1.29, 1.82) is 0 Å². The Bertz CT molecular complexity index is 477. The van der Waals surface area contributed by atoms with Crippen LogP contribution in [-0.4, -0.2) is 22.7 Å². The van der Waals surface area contributed by atoms with Gasteiger partial charge in [0.15, 0.2) is 6.17 Å². The molecule has 6 heteroatoms. The van der Waals surface area contributed by atoms with Gasteiger partial charge < -0.3 is 5.73 Å². The second-order valence-electron chi connectivity index (χ2n) is 3.76. The topological polar surface area (TPSA) is 79.4 Å². The van der Waals surface area contributed by atoms with E-state index >= 15 is 0 Å². The van der Waals surface area contributed by atoms with Crippen LogP contribution in [0.3, 0.4) is 0 Å². The van der Waals surface area contributed by atoms with Gasteiger partial charge in [0.2, 0.25) is 0 Å². The molecule has 0 amide bonds. The maximum Gasteiger partial charge on any atom is 0.357 e. The van der Waals surface area contributed by atoms with Crippen molar-refractivity contribution in [3.05, 3.63) is 28.7 Å². The fourth-order valence-electron chi connectivity index (χ4n) is 1.79. The Balaban J connectivity index is 2.42. The van der Waals surface area contributed by atoms with Gasteiger partial charge >= 0.3 is 5.96 Å². The zero-order valence-corrected chi connectivity index (χ0v) is 11.1. The highest BCUT2D eigenvalue weighted by atomic mass is 79.9. The molecule has 90 valence electrons. The first-order valence-electron chi connectivity index (χ1n) is 5.39. The molecular weight excluding hydrogens is 282 g/mol. The molecule has 1 aromatic rings. The van der Waals surface area contributed by atoms with Crippen LogP contribution in [0, 0.1) is 0 Å². The highest BCUT2D eigenvalue weighted by Gasteiger charge is 2.25. The van der Waals surface area contributed by atoms with Crippen LogP contribution in [0.5, 0.6) is 0 Å². The molecule has 0 bridgehead atoms. The summed E-state index contributed by atoms with van der Waals surface area (Å²) in [7, 11) is 0.